The van der Waals surface area contributed by atoms with Crippen LogP contribution in [-0.4, -0.2) is 44.2 Å². The number of nitrogens with zero attached hydrogens (tertiary/aromatic N) is 1. The summed E-state index contributed by atoms with van der Waals surface area (Å²) in [5.41, 5.74) is 0.926. The van der Waals surface area contributed by atoms with E-state index in [1.165, 1.54) is 0 Å². The number of aliphatic hydroxyl groups excluding tert-OH is 1. The van der Waals surface area contributed by atoms with Gasteiger partial charge < -0.3 is 10.0 Å². The summed E-state index contributed by atoms with van der Waals surface area (Å²) in [5.74, 6) is 0.0442. The van der Waals surface area contributed by atoms with Gasteiger partial charge in [-0.3, -0.25) is 0 Å². The fraction of sp³-hybridized carbons (Fsp3) is 0.538. The van der Waals surface area contributed by atoms with E-state index in [0.29, 0.717) is 11.4 Å². The van der Waals surface area contributed by atoms with Crippen LogP contribution in [0.4, 0.5) is 0 Å². The minimum absolute atomic E-state index is 0.0442. The van der Waals surface area contributed by atoms with E-state index in [4.69, 9.17) is 0 Å². The largest absolute Gasteiger partial charge is 0.391 e. The van der Waals surface area contributed by atoms with E-state index in [9.17, 15) is 13.5 Å². The molecule has 2 rings (SSSR count). The number of thiol groups is 1. The first-order valence-corrected chi connectivity index (χ1v) is 7.44. The summed E-state index contributed by atoms with van der Waals surface area (Å²) >= 11 is 0. The Morgan fingerprint density at radius 2 is 2.22 bits per heavy atom. The van der Waals surface area contributed by atoms with Crippen LogP contribution in [0.25, 0.3) is 0 Å². The fourth-order valence-electron chi connectivity index (χ4n) is 2.54. The normalized spacial score (nSPS) is 25.5. The van der Waals surface area contributed by atoms with Crippen molar-refractivity contribution in [3.8, 4) is 0 Å². The number of hydrogen-bond donors (Lipinski definition) is 2. The van der Waals surface area contributed by atoms with Crippen molar-refractivity contribution in [1.82, 2.24) is 4.90 Å². The number of β-amino-alcohol motifs (C(OH)–C–C–N with tert-alkyl or cyclic N) is 1. The number of likely N-dealkylation sites (N-methyl/N-ethyl adjacent to an activating group) is 1. The number of likely N-dealkylation sites (tertiary alicyclic amines) is 1. The van der Waals surface area contributed by atoms with Crippen molar-refractivity contribution in [2.45, 2.75) is 30.3 Å². The Hall–Kier alpha value is -0.910. The Kier molecular flexibility index (Phi) is 4.37. The van der Waals surface area contributed by atoms with Gasteiger partial charge in [0.15, 0.2) is 10.7 Å². The number of piperidine rings is 1. The van der Waals surface area contributed by atoms with Crippen LogP contribution in [0, 0.1) is 0 Å². The maximum absolute atomic E-state index is 11.0. The average Bonchev–Trinajstić information content (AvgIpc) is 2.38. The summed E-state index contributed by atoms with van der Waals surface area (Å²) < 4.78 is 22.0. The molecule has 1 heterocycles. The molecule has 5 heteroatoms. The predicted molar refractivity (Wildman–Crippen MR) is 70.5 cm³/mol. The number of aliphatic hydroxyl groups is 1. The van der Waals surface area contributed by atoms with Crippen LogP contribution in [0.5, 0.6) is 0 Å². The van der Waals surface area contributed by atoms with Crippen molar-refractivity contribution in [3.63, 3.8) is 0 Å². The molecule has 1 fully saturated rings. The van der Waals surface area contributed by atoms with E-state index in [2.05, 4.69) is 11.8 Å². The third-order valence-corrected chi connectivity index (χ3v) is 4.32. The van der Waals surface area contributed by atoms with E-state index in [0.717, 1.165) is 25.1 Å². The summed E-state index contributed by atoms with van der Waals surface area (Å²) in [6.07, 6.45) is 0.451. The lowest BCUT2D eigenvalue weighted by molar-refractivity contribution is 0.0539. The standard InChI is InChI=1S/C13H19NO3S/c1-2-14-7-6-12(13(15)9-14)10-4-3-5-11(8-10)18(16)17/h3-5,8,12-13,15,18H,2,6-7,9H2,1H3/t12-,13-/m0/s1. The summed E-state index contributed by atoms with van der Waals surface area (Å²) in [7, 11) is -2.55. The zero-order valence-corrected chi connectivity index (χ0v) is 11.3. The van der Waals surface area contributed by atoms with E-state index >= 15 is 0 Å². The zero-order valence-electron chi connectivity index (χ0n) is 10.5. The molecule has 0 aromatic heterocycles. The molecule has 0 bridgehead atoms. The predicted octanol–water partition coefficient (Wildman–Crippen LogP) is 0.827. The van der Waals surface area contributed by atoms with Crippen molar-refractivity contribution in [2.75, 3.05) is 19.6 Å². The van der Waals surface area contributed by atoms with Crippen LogP contribution in [0.1, 0.15) is 24.8 Å². The van der Waals surface area contributed by atoms with Gasteiger partial charge >= 0.3 is 0 Å². The number of rotatable bonds is 3. The molecular formula is C13H19NO3S. The zero-order chi connectivity index (χ0) is 13.1. The van der Waals surface area contributed by atoms with E-state index < -0.39 is 16.8 Å². The lowest BCUT2D eigenvalue weighted by Crippen LogP contribution is -2.42. The van der Waals surface area contributed by atoms with Gasteiger partial charge in [-0.1, -0.05) is 19.1 Å². The van der Waals surface area contributed by atoms with Crippen LogP contribution < -0.4 is 0 Å². The van der Waals surface area contributed by atoms with Crippen LogP contribution in [-0.2, 0) is 10.7 Å². The van der Waals surface area contributed by atoms with Crippen LogP contribution in [0.3, 0.4) is 0 Å². The van der Waals surface area contributed by atoms with Crippen molar-refractivity contribution >= 4 is 10.7 Å². The third kappa shape index (κ3) is 2.91. The number of benzene rings is 1. The van der Waals surface area contributed by atoms with Gasteiger partial charge in [-0.05, 0) is 37.2 Å². The minimum Gasteiger partial charge on any atom is -0.391 e. The van der Waals surface area contributed by atoms with Crippen molar-refractivity contribution < 1.29 is 13.5 Å². The highest BCUT2D eigenvalue weighted by molar-refractivity contribution is 7.72. The summed E-state index contributed by atoms with van der Waals surface area (Å²) in [6, 6.07) is 6.91. The molecule has 2 atom stereocenters. The Labute approximate surface area is 109 Å². The molecule has 1 saturated heterocycles. The summed E-state index contributed by atoms with van der Waals surface area (Å²) in [6.45, 7) is 4.63. The molecular weight excluding hydrogens is 250 g/mol. The van der Waals surface area contributed by atoms with Gasteiger partial charge in [0, 0.05) is 12.5 Å². The van der Waals surface area contributed by atoms with E-state index in [1.807, 2.05) is 6.07 Å². The van der Waals surface area contributed by atoms with Crippen LogP contribution in [0.2, 0.25) is 0 Å². The van der Waals surface area contributed by atoms with Crippen molar-refractivity contribution in [1.29, 1.82) is 0 Å². The maximum atomic E-state index is 11.0. The molecule has 0 unspecified atom stereocenters. The maximum Gasteiger partial charge on any atom is 0.168 e. The first-order chi connectivity index (χ1) is 8.61. The SMILES string of the molecule is CCN1CC[C@@H](c2cccc([SH](=O)=O)c2)[C@@H](O)C1. The highest BCUT2D eigenvalue weighted by atomic mass is 32.2. The molecule has 1 aromatic rings. The molecule has 0 spiro atoms. The highest BCUT2D eigenvalue weighted by Crippen LogP contribution is 2.29. The lowest BCUT2D eigenvalue weighted by Gasteiger charge is -2.35. The molecule has 18 heavy (non-hydrogen) atoms. The molecule has 1 aliphatic rings. The van der Waals surface area contributed by atoms with Gasteiger partial charge in [-0.2, -0.15) is 0 Å². The topological polar surface area (TPSA) is 57.6 Å². The molecule has 0 saturated carbocycles. The molecule has 1 aromatic carbocycles. The van der Waals surface area contributed by atoms with Crippen molar-refractivity contribution in [2.24, 2.45) is 0 Å². The molecule has 0 radical (unpaired) electrons. The van der Waals surface area contributed by atoms with E-state index in [1.54, 1.807) is 18.2 Å². The smallest absolute Gasteiger partial charge is 0.168 e. The van der Waals surface area contributed by atoms with Gasteiger partial charge in [0.05, 0.1) is 11.0 Å². The Morgan fingerprint density at radius 3 is 2.83 bits per heavy atom. The Balaban J connectivity index is 2.19. The van der Waals surface area contributed by atoms with E-state index in [-0.39, 0.29) is 5.92 Å². The fourth-order valence-corrected chi connectivity index (χ4v) is 3.00. The third-order valence-electron chi connectivity index (χ3n) is 3.62. The average molecular weight is 269 g/mol. The Morgan fingerprint density at radius 1 is 1.44 bits per heavy atom. The van der Waals surface area contributed by atoms with Gasteiger partial charge in [0.25, 0.3) is 0 Å². The minimum atomic E-state index is -2.55. The second kappa shape index (κ2) is 5.82. The molecule has 100 valence electrons. The lowest BCUT2D eigenvalue weighted by atomic mass is 9.87. The van der Waals surface area contributed by atoms with Gasteiger partial charge in [0.2, 0.25) is 0 Å². The van der Waals surface area contributed by atoms with Crippen LogP contribution in [0.15, 0.2) is 29.2 Å². The second-order valence-electron chi connectivity index (χ2n) is 4.71. The first-order valence-electron chi connectivity index (χ1n) is 6.26. The van der Waals surface area contributed by atoms with Crippen molar-refractivity contribution in [3.05, 3.63) is 29.8 Å². The van der Waals surface area contributed by atoms with Gasteiger partial charge in [0.1, 0.15) is 0 Å². The molecule has 4 nitrogen and oxygen atoms in total. The van der Waals surface area contributed by atoms with Gasteiger partial charge in [-0.25, -0.2) is 8.42 Å². The monoisotopic (exact) mass is 269 g/mol. The summed E-state index contributed by atoms with van der Waals surface area (Å²) in [5, 5.41) is 10.2. The summed E-state index contributed by atoms with van der Waals surface area (Å²) in [4.78, 5) is 2.53. The molecule has 1 N–H and O–H groups in total. The van der Waals surface area contributed by atoms with Gasteiger partial charge in [-0.15, -0.1) is 0 Å². The molecule has 0 aliphatic carbocycles. The Bertz CT molecular complexity index is 479. The second-order valence-corrected chi connectivity index (χ2v) is 5.74. The first kappa shape index (κ1) is 13.5. The highest BCUT2D eigenvalue weighted by Gasteiger charge is 2.28. The quantitative estimate of drug-likeness (QED) is 0.798. The number of hydrogen-bond acceptors (Lipinski definition) is 4. The molecule has 1 aliphatic heterocycles. The molecule has 0 amide bonds. The van der Waals surface area contributed by atoms with Crippen LogP contribution >= 0.6 is 0 Å².